The first-order valence-electron chi connectivity index (χ1n) is 11.4. The zero-order valence-electron chi connectivity index (χ0n) is 19.2. The molecule has 0 spiro atoms. The molecule has 5 rings (SSSR count). The molecule has 0 fully saturated rings. The molecule has 0 saturated heterocycles. The molecule has 0 radical (unpaired) electrons. The van der Waals surface area contributed by atoms with Gasteiger partial charge in [0.15, 0.2) is 5.78 Å². The van der Waals surface area contributed by atoms with Gasteiger partial charge in [-0.3, -0.25) is 4.79 Å². The summed E-state index contributed by atoms with van der Waals surface area (Å²) in [5, 5.41) is 17.9. The van der Waals surface area contributed by atoms with E-state index < -0.39 is 6.04 Å². The highest BCUT2D eigenvalue weighted by Gasteiger charge is 2.39. The fourth-order valence-corrected chi connectivity index (χ4v) is 5.04. The fourth-order valence-electron chi connectivity index (χ4n) is 4.76. The number of phenols is 1. The van der Waals surface area contributed by atoms with Crippen molar-refractivity contribution in [1.82, 2.24) is 0 Å². The summed E-state index contributed by atoms with van der Waals surface area (Å²) < 4.78 is 5.94. The van der Waals surface area contributed by atoms with Gasteiger partial charge in [-0.05, 0) is 47.2 Å². The van der Waals surface area contributed by atoms with Gasteiger partial charge in [0, 0.05) is 22.7 Å². The van der Waals surface area contributed by atoms with E-state index in [0.29, 0.717) is 47.2 Å². The van der Waals surface area contributed by atoms with E-state index in [-0.39, 0.29) is 16.9 Å². The lowest BCUT2D eigenvalue weighted by Crippen LogP contribution is -2.31. The third-order valence-electron chi connectivity index (χ3n) is 6.36. The van der Waals surface area contributed by atoms with Crippen LogP contribution in [0.15, 0.2) is 78.0 Å². The first-order chi connectivity index (χ1) is 16.3. The van der Waals surface area contributed by atoms with Crippen molar-refractivity contribution in [2.24, 2.45) is 5.41 Å². The van der Waals surface area contributed by atoms with Gasteiger partial charge in [-0.1, -0.05) is 67.9 Å². The van der Waals surface area contributed by atoms with Gasteiger partial charge in [0.05, 0.1) is 11.7 Å². The molecule has 5 nitrogen and oxygen atoms in total. The van der Waals surface area contributed by atoms with Crippen LogP contribution in [0.1, 0.15) is 43.9 Å². The van der Waals surface area contributed by atoms with Crippen LogP contribution in [0, 0.1) is 5.41 Å². The van der Waals surface area contributed by atoms with Gasteiger partial charge in [0.1, 0.15) is 23.8 Å². The quantitative estimate of drug-likeness (QED) is 0.361. The summed E-state index contributed by atoms with van der Waals surface area (Å²) in [6, 6.07) is 20.4. The van der Waals surface area contributed by atoms with Crippen LogP contribution < -0.4 is 15.4 Å². The Morgan fingerprint density at radius 2 is 1.85 bits per heavy atom. The molecule has 3 N–H and O–H groups in total. The van der Waals surface area contributed by atoms with Crippen molar-refractivity contribution in [3.05, 3.63) is 94.1 Å². The van der Waals surface area contributed by atoms with Gasteiger partial charge in [0.25, 0.3) is 0 Å². The number of benzene rings is 3. The molecule has 34 heavy (non-hydrogen) atoms. The molecule has 3 aromatic rings. The number of phenolic OH excluding ortho intramolecular Hbond substituents is 1. The summed E-state index contributed by atoms with van der Waals surface area (Å²) in [6.07, 6.45) is 1.14. The number of nitrogens with one attached hydrogen (secondary N) is 2. The highest BCUT2D eigenvalue weighted by molar-refractivity contribution is 6.31. The number of anilines is 2. The summed E-state index contributed by atoms with van der Waals surface area (Å²) in [7, 11) is 0. The average Bonchev–Trinajstić information content (AvgIpc) is 2.95. The van der Waals surface area contributed by atoms with E-state index in [9.17, 15) is 9.90 Å². The van der Waals surface area contributed by atoms with Crippen molar-refractivity contribution in [2.75, 3.05) is 10.6 Å². The fraction of sp³-hybridized carbons (Fsp3) is 0.250. The monoisotopic (exact) mass is 474 g/mol. The van der Waals surface area contributed by atoms with E-state index >= 15 is 0 Å². The lowest BCUT2D eigenvalue weighted by atomic mass is 9.73. The Morgan fingerprint density at radius 1 is 1.06 bits per heavy atom. The largest absolute Gasteiger partial charge is 0.506 e. The molecule has 2 aliphatic rings. The van der Waals surface area contributed by atoms with Crippen LogP contribution in [-0.2, 0) is 11.4 Å². The first-order valence-corrected chi connectivity index (χ1v) is 11.8. The van der Waals surface area contributed by atoms with Crippen LogP contribution in [0.5, 0.6) is 11.5 Å². The zero-order chi connectivity index (χ0) is 23.9. The van der Waals surface area contributed by atoms with Gasteiger partial charge in [-0.2, -0.15) is 0 Å². The molecule has 174 valence electrons. The normalized spacial score (nSPS) is 18.8. The van der Waals surface area contributed by atoms with Gasteiger partial charge in [-0.15, -0.1) is 0 Å². The molecule has 0 bridgehead atoms. The minimum absolute atomic E-state index is 0.0732. The van der Waals surface area contributed by atoms with Gasteiger partial charge in [-0.25, -0.2) is 0 Å². The third-order valence-corrected chi connectivity index (χ3v) is 6.69. The van der Waals surface area contributed by atoms with Crippen molar-refractivity contribution in [3.63, 3.8) is 0 Å². The average molecular weight is 475 g/mol. The number of carbonyl (C=O) groups excluding carboxylic acids is 1. The second kappa shape index (κ2) is 8.73. The van der Waals surface area contributed by atoms with Crippen molar-refractivity contribution in [3.8, 4) is 11.5 Å². The number of carbonyl (C=O) groups is 1. The standard InChI is InChI=1S/C28H27ClN2O3/c1-28(2)14-22-25(24(33)15-28)26(30-21-9-6-10-23(32)27(21)31-22)19-12-11-18(13-20(19)29)34-16-17-7-4-3-5-8-17/h3-13,26,30-32H,14-16H2,1-2H3. The third kappa shape index (κ3) is 4.36. The maximum atomic E-state index is 13.4. The highest BCUT2D eigenvalue weighted by Crippen LogP contribution is 2.48. The predicted molar refractivity (Wildman–Crippen MR) is 135 cm³/mol. The maximum Gasteiger partial charge on any atom is 0.163 e. The van der Waals surface area contributed by atoms with E-state index in [4.69, 9.17) is 16.3 Å². The number of Topliss-reactive ketones (excluding diaryl/α,β-unsaturated/α-hetero) is 1. The Bertz CT molecular complexity index is 1280. The van der Waals surface area contributed by atoms with Crippen molar-refractivity contribution < 1.29 is 14.6 Å². The molecule has 1 atom stereocenters. The van der Waals surface area contributed by atoms with Crippen molar-refractivity contribution in [2.45, 2.75) is 39.3 Å². The second-order valence-corrected chi connectivity index (χ2v) is 10.1. The van der Waals surface area contributed by atoms with Gasteiger partial charge in [0.2, 0.25) is 0 Å². The van der Waals surface area contributed by atoms with E-state index in [1.54, 1.807) is 18.2 Å². The number of hydrogen-bond acceptors (Lipinski definition) is 5. The van der Waals surface area contributed by atoms with E-state index in [1.165, 1.54) is 0 Å². The maximum absolute atomic E-state index is 13.4. The number of aromatic hydroxyl groups is 1. The molecule has 0 amide bonds. The predicted octanol–water partition coefficient (Wildman–Crippen LogP) is 6.85. The van der Waals surface area contributed by atoms with Crippen LogP contribution in [0.3, 0.4) is 0 Å². The number of halogens is 1. The van der Waals surface area contributed by atoms with E-state index in [1.807, 2.05) is 48.5 Å². The van der Waals surface area contributed by atoms with E-state index in [2.05, 4.69) is 24.5 Å². The van der Waals surface area contributed by atoms with Crippen LogP contribution in [0.2, 0.25) is 5.02 Å². The number of hydrogen-bond donors (Lipinski definition) is 3. The molecule has 0 aromatic heterocycles. The number of ether oxygens (including phenoxy) is 1. The summed E-state index contributed by atoms with van der Waals surface area (Å²) in [5.41, 5.74) is 4.44. The number of fused-ring (bicyclic) bond motifs is 1. The SMILES string of the molecule is CC1(C)CC(=O)C2=C(C1)Nc1c(O)cccc1NC2c1ccc(OCc2ccccc2)cc1Cl. The number of allylic oxidation sites excluding steroid dienone is 1. The van der Waals surface area contributed by atoms with Crippen LogP contribution in [-0.4, -0.2) is 10.9 Å². The summed E-state index contributed by atoms with van der Waals surface area (Å²) in [6.45, 7) is 4.61. The number of para-hydroxylation sites is 1. The zero-order valence-corrected chi connectivity index (χ0v) is 19.9. The van der Waals surface area contributed by atoms with Gasteiger partial charge >= 0.3 is 0 Å². The van der Waals surface area contributed by atoms with E-state index in [0.717, 1.165) is 16.8 Å². The smallest absolute Gasteiger partial charge is 0.163 e. The van der Waals surface area contributed by atoms with Crippen molar-refractivity contribution >= 4 is 28.8 Å². The molecular weight excluding hydrogens is 448 g/mol. The second-order valence-electron chi connectivity index (χ2n) is 9.69. The minimum atomic E-state index is -0.454. The summed E-state index contributed by atoms with van der Waals surface area (Å²) in [4.78, 5) is 13.4. The topological polar surface area (TPSA) is 70.6 Å². The van der Waals surface area contributed by atoms with Crippen LogP contribution in [0.4, 0.5) is 11.4 Å². The van der Waals surface area contributed by atoms with Crippen molar-refractivity contribution in [1.29, 1.82) is 0 Å². The van der Waals surface area contributed by atoms with Crippen LogP contribution in [0.25, 0.3) is 0 Å². The molecule has 1 aliphatic heterocycles. The minimum Gasteiger partial charge on any atom is -0.506 e. The Hall–Kier alpha value is -3.44. The highest BCUT2D eigenvalue weighted by atomic mass is 35.5. The Balaban J connectivity index is 1.52. The Labute approximate surface area is 204 Å². The molecule has 3 aromatic carbocycles. The lowest BCUT2D eigenvalue weighted by Gasteiger charge is -2.34. The molecule has 1 unspecified atom stereocenters. The lowest BCUT2D eigenvalue weighted by molar-refractivity contribution is -0.118. The van der Waals surface area contributed by atoms with Crippen LogP contribution >= 0.6 is 11.6 Å². The number of rotatable bonds is 4. The van der Waals surface area contributed by atoms with Gasteiger partial charge < -0.3 is 20.5 Å². The first kappa shape index (κ1) is 22.4. The number of ketones is 1. The molecule has 1 heterocycles. The molecule has 6 heteroatoms. The Kier molecular flexibility index (Phi) is 5.74. The summed E-state index contributed by atoms with van der Waals surface area (Å²) in [5.74, 6) is 0.862. The molecular formula is C28H27ClN2O3. The summed E-state index contributed by atoms with van der Waals surface area (Å²) >= 11 is 6.77. The molecule has 0 saturated carbocycles. The molecule has 1 aliphatic carbocycles. The Morgan fingerprint density at radius 3 is 2.62 bits per heavy atom.